The lowest BCUT2D eigenvalue weighted by atomic mass is 10.1. The van der Waals surface area contributed by atoms with E-state index in [0.717, 1.165) is 27.4 Å². The molecule has 22 heavy (non-hydrogen) atoms. The number of fused-ring (bicyclic) bond motifs is 1. The van der Waals surface area contributed by atoms with Gasteiger partial charge >= 0.3 is 6.18 Å². The largest absolute Gasteiger partial charge is 0.455 e. The van der Waals surface area contributed by atoms with Crippen LogP contribution in [0.25, 0.3) is 10.8 Å². The van der Waals surface area contributed by atoms with Gasteiger partial charge in [0.2, 0.25) is 0 Å². The smallest absolute Gasteiger partial charge is 0.416 e. The Bertz CT molecular complexity index is 816. The lowest BCUT2D eigenvalue weighted by Gasteiger charge is -2.10. The van der Waals surface area contributed by atoms with Crippen LogP contribution in [0.2, 0.25) is 0 Å². The minimum absolute atomic E-state index is 0.322. The Hall–Kier alpha value is -2.08. The van der Waals surface area contributed by atoms with Gasteiger partial charge in [0.25, 0.3) is 0 Å². The van der Waals surface area contributed by atoms with E-state index in [4.69, 9.17) is 4.74 Å². The average Bonchev–Trinajstić information content (AvgIpc) is 2.47. The number of ether oxygens (including phenoxy) is 1. The van der Waals surface area contributed by atoms with Gasteiger partial charge in [-0.25, -0.2) is 0 Å². The highest BCUT2D eigenvalue weighted by Crippen LogP contribution is 2.33. The van der Waals surface area contributed by atoms with Crippen molar-refractivity contribution in [1.29, 1.82) is 0 Å². The Balaban J connectivity index is 1.95. The van der Waals surface area contributed by atoms with Crippen LogP contribution in [0.4, 0.5) is 13.2 Å². The molecule has 0 amide bonds. The van der Waals surface area contributed by atoms with Gasteiger partial charge in [0, 0.05) is 21.4 Å². The molecule has 0 bridgehead atoms. The average molecular weight is 368 g/mol. The van der Waals surface area contributed by atoms with Crippen molar-refractivity contribution < 1.29 is 17.9 Å². The fraction of sp³-hybridized carbons (Fsp3) is 0.0625. The summed E-state index contributed by atoms with van der Waals surface area (Å²) in [6.07, 6.45) is -1.13. The van der Waals surface area contributed by atoms with E-state index >= 15 is 0 Å². The summed E-state index contributed by atoms with van der Waals surface area (Å²) in [6, 6.07) is 10.2. The zero-order chi connectivity index (χ0) is 15.7. The third-order valence-corrected chi connectivity index (χ3v) is 3.59. The van der Waals surface area contributed by atoms with Crippen molar-refractivity contribution in [1.82, 2.24) is 4.98 Å². The highest BCUT2D eigenvalue weighted by molar-refractivity contribution is 9.10. The quantitative estimate of drug-likeness (QED) is 0.570. The second-order valence-corrected chi connectivity index (χ2v) is 5.54. The molecule has 2 nitrogen and oxygen atoms in total. The number of nitrogens with zero attached hydrogens (tertiary/aromatic N) is 1. The highest BCUT2D eigenvalue weighted by atomic mass is 79.9. The number of hydrogen-bond donors (Lipinski definition) is 0. The molecule has 0 saturated heterocycles. The van der Waals surface area contributed by atoms with Crippen molar-refractivity contribution in [3.05, 3.63) is 64.9 Å². The van der Waals surface area contributed by atoms with Gasteiger partial charge in [-0.1, -0.05) is 22.0 Å². The summed E-state index contributed by atoms with van der Waals surface area (Å²) < 4.78 is 44.2. The molecule has 1 heterocycles. The van der Waals surface area contributed by atoms with Crippen LogP contribution in [0.5, 0.6) is 11.5 Å². The Morgan fingerprint density at radius 3 is 2.36 bits per heavy atom. The molecule has 0 radical (unpaired) electrons. The van der Waals surface area contributed by atoms with Crippen molar-refractivity contribution in [3.63, 3.8) is 0 Å². The van der Waals surface area contributed by atoms with Crippen LogP contribution in [0.1, 0.15) is 5.56 Å². The molecule has 0 aliphatic carbocycles. The molecule has 3 aromatic rings. The fourth-order valence-corrected chi connectivity index (χ4v) is 2.39. The van der Waals surface area contributed by atoms with Crippen LogP contribution in [-0.2, 0) is 6.18 Å². The molecular formula is C16H9BrF3NO. The molecule has 0 aliphatic heterocycles. The molecular weight excluding hydrogens is 359 g/mol. The molecule has 0 N–H and O–H groups in total. The van der Waals surface area contributed by atoms with Crippen molar-refractivity contribution >= 4 is 26.7 Å². The van der Waals surface area contributed by atoms with E-state index in [1.165, 1.54) is 18.3 Å². The molecule has 0 aliphatic rings. The predicted molar refractivity (Wildman–Crippen MR) is 81.0 cm³/mol. The first-order valence-corrected chi connectivity index (χ1v) is 7.11. The molecule has 0 spiro atoms. The molecule has 0 saturated carbocycles. The lowest BCUT2D eigenvalue weighted by Crippen LogP contribution is -2.04. The maximum atomic E-state index is 12.5. The van der Waals surface area contributed by atoms with Crippen molar-refractivity contribution in [2.45, 2.75) is 6.18 Å². The summed E-state index contributed by atoms with van der Waals surface area (Å²) in [5, 5.41) is 1.71. The molecule has 0 unspecified atom stereocenters. The minimum atomic E-state index is -4.36. The maximum absolute atomic E-state index is 12.5. The summed E-state index contributed by atoms with van der Waals surface area (Å²) in [6.45, 7) is 0. The molecule has 1 aromatic heterocycles. The number of halogens is 4. The molecule has 3 rings (SSSR count). The van der Waals surface area contributed by atoms with E-state index in [1.54, 1.807) is 6.20 Å². The predicted octanol–water partition coefficient (Wildman–Crippen LogP) is 5.81. The van der Waals surface area contributed by atoms with E-state index in [1.807, 2.05) is 18.2 Å². The second-order valence-electron chi connectivity index (χ2n) is 4.63. The molecule has 112 valence electrons. The number of alkyl halides is 3. The van der Waals surface area contributed by atoms with Gasteiger partial charge in [0.15, 0.2) is 5.75 Å². The summed E-state index contributed by atoms with van der Waals surface area (Å²) >= 11 is 3.38. The van der Waals surface area contributed by atoms with Crippen molar-refractivity contribution in [2.75, 3.05) is 0 Å². The van der Waals surface area contributed by atoms with Crippen LogP contribution in [0, 0.1) is 0 Å². The van der Waals surface area contributed by atoms with Gasteiger partial charge in [-0.2, -0.15) is 13.2 Å². The van der Waals surface area contributed by atoms with Gasteiger partial charge in [-0.05, 0) is 36.4 Å². The van der Waals surface area contributed by atoms with Crippen LogP contribution in [-0.4, -0.2) is 4.98 Å². The summed E-state index contributed by atoms with van der Waals surface area (Å²) in [4.78, 5) is 4.08. The molecule has 0 fully saturated rings. The van der Waals surface area contributed by atoms with Gasteiger partial charge in [-0.15, -0.1) is 0 Å². The van der Waals surface area contributed by atoms with Gasteiger partial charge < -0.3 is 4.74 Å². The van der Waals surface area contributed by atoms with Crippen molar-refractivity contribution in [2.24, 2.45) is 0 Å². The Morgan fingerprint density at radius 1 is 0.955 bits per heavy atom. The molecule has 6 heteroatoms. The molecule has 0 atom stereocenters. The number of aromatic nitrogens is 1. The monoisotopic (exact) mass is 367 g/mol. The number of rotatable bonds is 2. The van der Waals surface area contributed by atoms with Gasteiger partial charge in [0.05, 0.1) is 11.8 Å². The van der Waals surface area contributed by atoms with Crippen molar-refractivity contribution in [3.8, 4) is 11.5 Å². The van der Waals surface area contributed by atoms with Crippen LogP contribution < -0.4 is 4.74 Å². The molecule has 2 aromatic carbocycles. The Morgan fingerprint density at radius 2 is 1.68 bits per heavy atom. The standard InChI is InChI=1S/C16H9BrF3NO/c17-12-4-1-10-8-21-9-15(14(10)7-12)22-13-5-2-11(3-6-13)16(18,19)20/h1-9H. The van der Waals surface area contributed by atoms with E-state index < -0.39 is 11.7 Å². The zero-order valence-corrected chi connectivity index (χ0v) is 12.6. The normalized spacial score (nSPS) is 11.6. The zero-order valence-electron chi connectivity index (χ0n) is 11.1. The maximum Gasteiger partial charge on any atom is 0.416 e. The number of benzene rings is 2. The summed E-state index contributed by atoms with van der Waals surface area (Å²) in [7, 11) is 0. The lowest BCUT2D eigenvalue weighted by molar-refractivity contribution is -0.137. The minimum Gasteiger partial charge on any atom is -0.455 e. The van der Waals surface area contributed by atoms with E-state index in [-0.39, 0.29) is 0 Å². The SMILES string of the molecule is FC(F)(F)c1ccc(Oc2cncc3ccc(Br)cc23)cc1. The third-order valence-electron chi connectivity index (χ3n) is 3.10. The Labute approximate surface area is 132 Å². The fourth-order valence-electron chi connectivity index (χ4n) is 2.03. The number of pyridine rings is 1. The third kappa shape index (κ3) is 3.06. The summed E-state index contributed by atoms with van der Waals surface area (Å²) in [5.41, 5.74) is -0.710. The topological polar surface area (TPSA) is 22.1 Å². The van der Waals surface area contributed by atoms with Gasteiger partial charge in [0.1, 0.15) is 5.75 Å². The van der Waals surface area contributed by atoms with Gasteiger partial charge in [-0.3, -0.25) is 4.98 Å². The Kier molecular flexibility index (Phi) is 3.78. The first kappa shape index (κ1) is 14.8. The van der Waals surface area contributed by atoms with E-state index in [0.29, 0.717) is 11.5 Å². The highest BCUT2D eigenvalue weighted by Gasteiger charge is 2.30. The second kappa shape index (κ2) is 5.61. The van der Waals surface area contributed by atoms with Crippen LogP contribution >= 0.6 is 15.9 Å². The van der Waals surface area contributed by atoms with Crippen LogP contribution in [0.3, 0.4) is 0 Å². The first-order chi connectivity index (χ1) is 10.4. The van der Waals surface area contributed by atoms with E-state index in [9.17, 15) is 13.2 Å². The van der Waals surface area contributed by atoms with E-state index in [2.05, 4.69) is 20.9 Å². The number of hydrogen-bond acceptors (Lipinski definition) is 2. The first-order valence-electron chi connectivity index (χ1n) is 6.32. The summed E-state index contributed by atoms with van der Waals surface area (Å²) in [5.74, 6) is 0.806. The van der Waals surface area contributed by atoms with Crippen LogP contribution in [0.15, 0.2) is 59.3 Å².